The van der Waals surface area contributed by atoms with Gasteiger partial charge in [-0.3, -0.25) is 4.79 Å². The Morgan fingerprint density at radius 1 is 1.06 bits per heavy atom. The van der Waals surface area contributed by atoms with E-state index >= 15 is 0 Å². The molecule has 0 unspecified atom stereocenters. The van der Waals surface area contributed by atoms with Crippen molar-refractivity contribution in [2.75, 3.05) is 0 Å². The van der Waals surface area contributed by atoms with Crippen LogP contribution in [0.3, 0.4) is 0 Å². The van der Waals surface area contributed by atoms with Crippen molar-refractivity contribution in [2.45, 2.75) is 121 Å². The van der Waals surface area contributed by atoms with Crippen LogP contribution in [0.2, 0.25) is 0 Å². The lowest BCUT2D eigenvalue weighted by atomic mass is 9.46. The van der Waals surface area contributed by atoms with E-state index in [-0.39, 0.29) is 35.4 Å². The summed E-state index contributed by atoms with van der Waals surface area (Å²) in [4.78, 5) is 13.2. The summed E-state index contributed by atoms with van der Waals surface area (Å²) in [5.41, 5.74) is -3.64. The molecule has 0 spiro atoms. The van der Waals surface area contributed by atoms with E-state index in [1.165, 1.54) is 0 Å². The van der Waals surface area contributed by atoms with E-state index < -0.39 is 34.4 Å². The van der Waals surface area contributed by atoms with Crippen LogP contribution >= 0.6 is 0 Å². The van der Waals surface area contributed by atoms with Crippen LogP contribution in [0.5, 0.6) is 0 Å². The number of ketones is 1. The van der Waals surface area contributed by atoms with Crippen molar-refractivity contribution in [3.05, 3.63) is 11.6 Å². The minimum absolute atomic E-state index is 0.0144. The Hall–Kier alpha value is -0.790. The second-order valence-corrected chi connectivity index (χ2v) is 13.0. The Balaban J connectivity index is 1.65. The largest absolute Gasteiger partial charge is 0.393 e. The molecule has 6 nitrogen and oxygen atoms in total. The lowest BCUT2D eigenvalue weighted by Crippen LogP contribution is -2.62. The van der Waals surface area contributed by atoms with Gasteiger partial charge >= 0.3 is 0 Å². The Bertz CT molecular complexity index is 827. The van der Waals surface area contributed by atoms with Gasteiger partial charge in [0.2, 0.25) is 0 Å². The highest BCUT2D eigenvalue weighted by Crippen LogP contribution is 2.68. The zero-order valence-electron chi connectivity index (χ0n) is 21.0. The van der Waals surface area contributed by atoms with Crippen LogP contribution in [0, 0.1) is 28.6 Å². The Labute approximate surface area is 198 Å². The van der Waals surface area contributed by atoms with Gasteiger partial charge in [-0.15, -0.1) is 0 Å². The first-order valence-electron chi connectivity index (χ1n) is 12.9. The third-order valence-corrected chi connectivity index (χ3v) is 10.5. The summed E-state index contributed by atoms with van der Waals surface area (Å²) in [6, 6.07) is 0. The van der Waals surface area contributed by atoms with Gasteiger partial charge in [-0.25, -0.2) is 0 Å². The molecular weight excluding hydrogens is 420 g/mol. The second kappa shape index (κ2) is 7.86. The Kier molecular flexibility index (Phi) is 6.03. The Morgan fingerprint density at radius 2 is 1.73 bits per heavy atom. The fourth-order valence-corrected chi connectivity index (χ4v) is 8.27. The number of hydrogen-bond acceptors (Lipinski definition) is 6. The highest BCUT2D eigenvalue weighted by Gasteiger charge is 2.68. The number of aliphatic hydroxyl groups is 5. The second-order valence-electron chi connectivity index (χ2n) is 13.0. The molecule has 4 aliphatic carbocycles. The quantitative estimate of drug-likeness (QED) is 0.427. The normalized spacial score (nSPS) is 46.0. The standard InChI is InChI=1S/C27H44O6/c1-23(2,31)10-9-22(30)26(5,32)21-8-13-27(33)18-15-20(29)19-14-16(28)6-11-24(19,3)17(18)7-12-25(21,27)4/h15-17,19,21-22,28,30-33H,6-14H2,1-5H3/t16-,17+,19+,21-,22-,24-,25-,26-,27-/m1/s1. The molecule has 33 heavy (non-hydrogen) atoms. The van der Waals surface area contributed by atoms with Gasteiger partial charge < -0.3 is 25.5 Å². The lowest BCUT2D eigenvalue weighted by molar-refractivity contribution is -0.172. The molecule has 5 N–H and O–H groups in total. The maximum absolute atomic E-state index is 13.2. The van der Waals surface area contributed by atoms with Crippen LogP contribution in [0.15, 0.2) is 11.6 Å². The molecule has 0 radical (unpaired) electrons. The molecule has 4 rings (SSSR count). The fourth-order valence-electron chi connectivity index (χ4n) is 8.27. The maximum atomic E-state index is 13.2. The first kappa shape index (κ1) is 25.3. The molecule has 0 heterocycles. The van der Waals surface area contributed by atoms with Crippen LogP contribution < -0.4 is 0 Å². The van der Waals surface area contributed by atoms with Crippen LogP contribution in [0.25, 0.3) is 0 Å². The number of aliphatic hydroxyl groups excluding tert-OH is 2. The molecular formula is C27H44O6. The number of rotatable bonds is 5. The van der Waals surface area contributed by atoms with Gasteiger partial charge in [0.25, 0.3) is 0 Å². The average Bonchev–Trinajstić information content (AvgIpc) is 2.99. The van der Waals surface area contributed by atoms with Gasteiger partial charge in [0.05, 0.1) is 29.0 Å². The number of allylic oxidation sites excluding steroid dienone is 1. The number of carbonyl (C=O) groups is 1. The minimum Gasteiger partial charge on any atom is -0.393 e. The van der Waals surface area contributed by atoms with E-state index in [0.717, 1.165) is 18.4 Å². The summed E-state index contributed by atoms with van der Waals surface area (Å²) in [7, 11) is 0. The average molecular weight is 465 g/mol. The third kappa shape index (κ3) is 3.76. The van der Waals surface area contributed by atoms with Crippen LogP contribution in [0.1, 0.15) is 92.4 Å². The molecule has 9 atom stereocenters. The molecule has 0 saturated heterocycles. The molecule has 0 bridgehead atoms. The minimum atomic E-state index is -1.42. The van der Waals surface area contributed by atoms with Crippen molar-refractivity contribution in [3.8, 4) is 0 Å². The lowest BCUT2D eigenvalue weighted by Gasteiger charge is -2.60. The van der Waals surface area contributed by atoms with Crippen molar-refractivity contribution in [3.63, 3.8) is 0 Å². The van der Waals surface area contributed by atoms with E-state index in [1.807, 2.05) is 6.92 Å². The van der Waals surface area contributed by atoms with Crippen molar-refractivity contribution in [1.29, 1.82) is 0 Å². The summed E-state index contributed by atoms with van der Waals surface area (Å²) in [6.07, 6.45) is 5.38. The molecule has 0 aromatic heterocycles. The van der Waals surface area contributed by atoms with E-state index in [4.69, 9.17) is 0 Å². The fraction of sp³-hybridized carbons (Fsp3) is 0.889. The topological polar surface area (TPSA) is 118 Å². The molecule has 6 heteroatoms. The molecule has 0 aromatic carbocycles. The van der Waals surface area contributed by atoms with E-state index in [1.54, 1.807) is 26.8 Å². The van der Waals surface area contributed by atoms with Crippen molar-refractivity contribution in [1.82, 2.24) is 0 Å². The number of hydrogen-bond donors (Lipinski definition) is 5. The predicted octanol–water partition coefficient (Wildman–Crippen LogP) is 2.88. The van der Waals surface area contributed by atoms with Gasteiger partial charge in [0, 0.05) is 11.3 Å². The van der Waals surface area contributed by atoms with Crippen LogP contribution in [0.4, 0.5) is 0 Å². The maximum Gasteiger partial charge on any atom is 0.159 e. The monoisotopic (exact) mass is 464 g/mol. The molecule has 4 aliphatic rings. The summed E-state index contributed by atoms with van der Waals surface area (Å²) < 4.78 is 0. The molecule has 3 fully saturated rings. The van der Waals surface area contributed by atoms with Crippen molar-refractivity contribution in [2.24, 2.45) is 28.6 Å². The van der Waals surface area contributed by atoms with Crippen LogP contribution in [-0.4, -0.2) is 60.3 Å². The van der Waals surface area contributed by atoms with Gasteiger partial charge in [-0.2, -0.15) is 0 Å². The SMILES string of the molecule is CC(C)(O)CC[C@@H](O)[C@](C)(O)[C@@H]1CC[C@@]2(O)C3=CC(=O)[C@@H]4C[C@H](O)CC[C@]4(C)[C@H]3CC[C@]12C. The summed E-state index contributed by atoms with van der Waals surface area (Å²) in [5, 5.41) is 55.0. The van der Waals surface area contributed by atoms with Crippen molar-refractivity contribution < 1.29 is 30.3 Å². The van der Waals surface area contributed by atoms with E-state index in [9.17, 15) is 30.3 Å². The molecule has 0 aliphatic heterocycles. The number of fused-ring (bicyclic) bond motifs is 5. The van der Waals surface area contributed by atoms with Gasteiger partial charge in [0.1, 0.15) is 0 Å². The zero-order valence-corrected chi connectivity index (χ0v) is 21.0. The van der Waals surface area contributed by atoms with Crippen LogP contribution in [-0.2, 0) is 4.79 Å². The predicted molar refractivity (Wildman–Crippen MR) is 125 cm³/mol. The Morgan fingerprint density at radius 3 is 2.36 bits per heavy atom. The highest BCUT2D eigenvalue weighted by atomic mass is 16.3. The summed E-state index contributed by atoms with van der Waals surface area (Å²) >= 11 is 0. The van der Waals surface area contributed by atoms with Gasteiger partial charge in [0.15, 0.2) is 5.78 Å². The first-order valence-corrected chi connectivity index (χ1v) is 12.9. The van der Waals surface area contributed by atoms with Crippen molar-refractivity contribution >= 4 is 5.78 Å². The summed E-state index contributed by atoms with van der Waals surface area (Å²) in [5.74, 6) is -0.426. The van der Waals surface area contributed by atoms with E-state index in [2.05, 4.69) is 6.92 Å². The first-order chi connectivity index (χ1) is 15.1. The van der Waals surface area contributed by atoms with Gasteiger partial charge in [-0.1, -0.05) is 13.8 Å². The smallest absolute Gasteiger partial charge is 0.159 e. The molecule has 0 aromatic rings. The number of carbonyl (C=O) groups excluding carboxylic acids is 1. The zero-order chi connectivity index (χ0) is 24.6. The molecule has 0 amide bonds. The van der Waals surface area contributed by atoms with Gasteiger partial charge in [-0.05, 0) is 107 Å². The van der Waals surface area contributed by atoms with E-state index in [0.29, 0.717) is 38.5 Å². The molecule has 3 saturated carbocycles. The molecule has 188 valence electrons. The third-order valence-electron chi connectivity index (χ3n) is 10.5. The summed E-state index contributed by atoms with van der Waals surface area (Å²) in [6.45, 7) is 9.22. The highest BCUT2D eigenvalue weighted by molar-refractivity contribution is 5.95.